The van der Waals surface area contributed by atoms with E-state index in [0.717, 1.165) is 11.1 Å². The first-order chi connectivity index (χ1) is 11.8. The number of hydrogen-bond acceptors (Lipinski definition) is 4. The number of allylic oxidation sites excluding steroid dienone is 1. The van der Waals surface area contributed by atoms with Crippen LogP contribution < -0.4 is 4.74 Å². The van der Waals surface area contributed by atoms with E-state index < -0.39 is 10.8 Å². The molecule has 0 bridgehead atoms. The van der Waals surface area contributed by atoms with Crippen molar-refractivity contribution in [3.63, 3.8) is 0 Å². The lowest BCUT2D eigenvalue weighted by molar-refractivity contribution is -0.135. The van der Waals surface area contributed by atoms with Gasteiger partial charge in [-0.1, -0.05) is 18.2 Å². The van der Waals surface area contributed by atoms with Gasteiger partial charge in [0.2, 0.25) is 5.91 Å². The van der Waals surface area contributed by atoms with Crippen LogP contribution in [-0.2, 0) is 15.0 Å². The van der Waals surface area contributed by atoms with Crippen LogP contribution in [0.3, 0.4) is 0 Å². The maximum absolute atomic E-state index is 13.3. The number of ketones is 1. The number of amides is 1. The van der Waals surface area contributed by atoms with E-state index in [0.29, 0.717) is 12.3 Å². The minimum atomic E-state index is -1.14. The number of nitrogens with zero attached hydrogens (tertiary/aromatic N) is 2. The Bertz CT molecular complexity index is 856. The lowest BCUT2D eigenvalue weighted by Crippen LogP contribution is -2.55. The second kappa shape index (κ2) is 5.59. The van der Waals surface area contributed by atoms with Gasteiger partial charge in [0, 0.05) is 13.6 Å². The zero-order valence-electron chi connectivity index (χ0n) is 14.8. The molecule has 0 N–H and O–H groups in total. The van der Waals surface area contributed by atoms with Gasteiger partial charge in [0.05, 0.1) is 18.1 Å². The molecule has 0 saturated carbocycles. The highest BCUT2D eigenvalue weighted by Crippen LogP contribution is 2.51. The van der Waals surface area contributed by atoms with Gasteiger partial charge in [-0.15, -0.1) is 0 Å². The monoisotopic (exact) mass is 336 g/mol. The van der Waals surface area contributed by atoms with Gasteiger partial charge in [0.15, 0.2) is 5.78 Å². The molecule has 0 spiro atoms. The lowest BCUT2D eigenvalue weighted by atomic mass is 9.56. The van der Waals surface area contributed by atoms with Crippen LogP contribution in [0.5, 0.6) is 5.75 Å². The maximum atomic E-state index is 13.3. The predicted molar refractivity (Wildman–Crippen MR) is 92.9 cm³/mol. The maximum Gasteiger partial charge on any atom is 0.241 e. The molecule has 1 aromatic rings. The SMILES string of the molecule is COc1ccc([C@@]23C=C(C#N)C(=O)C(C)(C)C2=CCN(C)C3=O)cc1. The van der Waals surface area contributed by atoms with Crippen molar-refractivity contribution in [1.82, 2.24) is 4.90 Å². The molecule has 0 fully saturated rings. The highest BCUT2D eigenvalue weighted by atomic mass is 16.5. The van der Waals surface area contributed by atoms with Gasteiger partial charge in [-0.3, -0.25) is 9.59 Å². The summed E-state index contributed by atoms with van der Waals surface area (Å²) in [5.74, 6) is 0.296. The van der Waals surface area contributed by atoms with Crippen molar-refractivity contribution in [2.45, 2.75) is 19.3 Å². The molecule has 3 rings (SSSR count). The van der Waals surface area contributed by atoms with Gasteiger partial charge in [0.25, 0.3) is 0 Å². The van der Waals surface area contributed by atoms with E-state index in [-0.39, 0.29) is 17.3 Å². The highest BCUT2D eigenvalue weighted by molar-refractivity contribution is 6.11. The van der Waals surface area contributed by atoms with Gasteiger partial charge < -0.3 is 9.64 Å². The van der Waals surface area contributed by atoms with Crippen LogP contribution in [0.1, 0.15) is 19.4 Å². The van der Waals surface area contributed by atoms with Crippen molar-refractivity contribution in [1.29, 1.82) is 5.26 Å². The molecule has 25 heavy (non-hydrogen) atoms. The Morgan fingerprint density at radius 2 is 1.84 bits per heavy atom. The first-order valence-electron chi connectivity index (χ1n) is 8.08. The Morgan fingerprint density at radius 1 is 1.20 bits per heavy atom. The van der Waals surface area contributed by atoms with Crippen LogP contribution in [-0.4, -0.2) is 37.3 Å². The van der Waals surface area contributed by atoms with Crippen LogP contribution >= 0.6 is 0 Å². The number of rotatable bonds is 2. The Morgan fingerprint density at radius 3 is 2.40 bits per heavy atom. The fourth-order valence-corrected chi connectivity index (χ4v) is 3.82. The van der Waals surface area contributed by atoms with Crippen molar-refractivity contribution < 1.29 is 14.3 Å². The zero-order chi connectivity index (χ0) is 18.4. The van der Waals surface area contributed by atoms with Crippen molar-refractivity contribution >= 4 is 11.7 Å². The minimum Gasteiger partial charge on any atom is -0.497 e. The van der Waals surface area contributed by atoms with Gasteiger partial charge in [-0.05, 0) is 43.2 Å². The third kappa shape index (κ3) is 2.21. The molecule has 5 nitrogen and oxygen atoms in total. The number of nitriles is 1. The minimum absolute atomic E-state index is 0.0293. The van der Waals surface area contributed by atoms with Crippen LogP contribution in [0.4, 0.5) is 0 Å². The first kappa shape index (κ1) is 17.0. The van der Waals surface area contributed by atoms with Crippen molar-refractivity contribution in [3.8, 4) is 11.8 Å². The quantitative estimate of drug-likeness (QED) is 0.778. The number of Topliss-reactive ketones (excluding diaryl/α,β-unsaturated/α-hetero) is 1. The summed E-state index contributed by atoms with van der Waals surface area (Å²) < 4.78 is 5.21. The van der Waals surface area contributed by atoms with E-state index in [9.17, 15) is 14.9 Å². The third-order valence-corrected chi connectivity index (χ3v) is 5.19. The van der Waals surface area contributed by atoms with E-state index in [2.05, 4.69) is 0 Å². The van der Waals surface area contributed by atoms with Crippen LogP contribution in [0, 0.1) is 16.7 Å². The van der Waals surface area contributed by atoms with Crippen molar-refractivity contribution in [2.24, 2.45) is 5.41 Å². The van der Waals surface area contributed by atoms with Crippen molar-refractivity contribution in [2.75, 3.05) is 20.7 Å². The number of fused-ring (bicyclic) bond motifs is 1. The van der Waals surface area contributed by atoms with E-state index in [1.165, 1.54) is 6.08 Å². The molecule has 1 aliphatic carbocycles. The lowest BCUT2D eigenvalue weighted by Gasteiger charge is -2.47. The Hall–Kier alpha value is -2.87. The van der Waals surface area contributed by atoms with Crippen LogP contribution in [0.25, 0.3) is 0 Å². The smallest absolute Gasteiger partial charge is 0.241 e. The molecule has 1 aromatic carbocycles. The highest BCUT2D eigenvalue weighted by Gasteiger charge is 2.56. The normalized spacial score (nSPS) is 24.8. The summed E-state index contributed by atoms with van der Waals surface area (Å²) in [6, 6.07) is 9.19. The summed E-state index contributed by atoms with van der Waals surface area (Å²) in [5, 5.41) is 9.48. The summed E-state index contributed by atoms with van der Waals surface area (Å²) in [7, 11) is 3.30. The average molecular weight is 336 g/mol. The summed E-state index contributed by atoms with van der Waals surface area (Å²) in [5.41, 5.74) is -0.568. The summed E-state index contributed by atoms with van der Waals surface area (Å²) in [6.07, 6.45) is 3.47. The second-order valence-electron chi connectivity index (χ2n) is 6.96. The van der Waals surface area contributed by atoms with E-state index in [4.69, 9.17) is 4.74 Å². The summed E-state index contributed by atoms with van der Waals surface area (Å²) in [6.45, 7) is 4.00. The van der Waals surface area contributed by atoms with Crippen LogP contribution in [0.15, 0.2) is 47.6 Å². The van der Waals surface area contributed by atoms with E-state index >= 15 is 0 Å². The van der Waals surface area contributed by atoms with Gasteiger partial charge in [0.1, 0.15) is 17.2 Å². The number of carbonyl (C=O) groups is 2. The number of benzene rings is 1. The molecule has 1 heterocycles. The molecule has 5 heteroatoms. The van der Waals surface area contributed by atoms with Gasteiger partial charge in [-0.2, -0.15) is 5.26 Å². The molecular formula is C20H20N2O3. The Labute approximate surface area is 147 Å². The second-order valence-corrected chi connectivity index (χ2v) is 6.96. The number of methoxy groups -OCH3 is 1. The topological polar surface area (TPSA) is 70.4 Å². The Kier molecular flexibility index (Phi) is 3.80. The van der Waals surface area contributed by atoms with Crippen molar-refractivity contribution in [3.05, 3.63) is 53.1 Å². The van der Waals surface area contributed by atoms with Gasteiger partial charge in [-0.25, -0.2) is 0 Å². The number of likely N-dealkylation sites (N-methyl/N-ethyl adjacent to an activating group) is 1. The molecule has 1 aliphatic heterocycles. The molecule has 0 unspecified atom stereocenters. The third-order valence-electron chi connectivity index (χ3n) is 5.19. The van der Waals surface area contributed by atoms with Crippen LogP contribution in [0.2, 0.25) is 0 Å². The number of carbonyl (C=O) groups excluding carboxylic acids is 2. The average Bonchev–Trinajstić information content (AvgIpc) is 2.61. The summed E-state index contributed by atoms with van der Waals surface area (Å²) in [4.78, 5) is 27.6. The standard InChI is InChI=1S/C20H20N2O3/c1-19(2)16-9-10-22(3)18(24)20(16,11-13(12-21)17(19)23)14-5-7-15(25-4)8-6-14/h5-9,11H,10H2,1-4H3/t20-/m0/s1. The molecule has 1 amide bonds. The molecule has 128 valence electrons. The largest absolute Gasteiger partial charge is 0.497 e. The fourth-order valence-electron chi connectivity index (χ4n) is 3.82. The molecule has 0 saturated heterocycles. The zero-order valence-corrected chi connectivity index (χ0v) is 14.8. The first-order valence-corrected chi connectivity index (χ1v) is 8.08. The number of hydrogen-bond donors (Lipinski definition) is 0. The summed E-state index contributed by atoms with van der Waals surface area (Å²) >= 11 is 0. The van der Waals surface area contributed by atoms with Gasteiger partial charge >= 0.3 is 0 Å². The molecular weight excluding hydrogens is 316 g/mol. The van der Waals surface area contributed by atoms with E-state index in [1.807, 2.05) is 24.3 Å². The molecule has 0 aromatic heterocycles. The Balaban J connectivity index is 2.36. The molecule has 2 aliphatic rings. The van der Waals surface area contributed by atoms with E-state index in [1.54, 1.807) is 45.0 Å². The fraction of sp³-hybridized carbons (Fsp3) is 0.350. The predicted octanol–water partition coefficient (Wildman–Crippen LogP) is 2.39. The number of ether oxygens (including phenoxy) is 1. The molecule has 0 radical (unpaired) electrons. The molecule has 1 atom stereocenters.